The van der Waals surface area contributed by atoms with E-state index in [2.05, 4.69) is 39.1 Å². The van der Waals surface area contributed by atoms with Crippen LogP contribution in [0.15, 0.2) is 53.8 Å². The van der Waals surface area contributed by atoms with Crippen molar-refractivity contribution in [1.29, 1.82) is 0 Å². The fourth-order valence-corrected chi connectivity index (χ4v) is 3.68. The zero-order valence-corrected chi connectivity index (χ0v) is 14.4. The van der Waals surface area contributed by atoms with E-state index >= 15 is 0 Å². The number of nitrogens with zero attached hydrogens (tertiary/aromatic N) is 4. The zero-order valence-electron chi connectivity index (χ0n) is 14.4. The van der Waals surface area contributed by atoms with Crippen LogP contribution in [-0.2, 0) is 6.54 Å². The summed E-state index contributed by atoms with van der Waals surface area (Å²) in [5.41, 5.74) is 3.10. The summed E-state index contributed by atoms with van der Waals surface area (Å²) in [7, 11) is 0. The van der Waals surface area contributed by atoms with E-state index in [1.54, 1.807) is 17.1 Å². The maximum atomic E-state index is 12.2. The summed E-state index contributed by atoms with van der Waals surface area (Å²) in [6, 6.07) is 10.4. The Morgan fingerprint density at radius 3 is 2.80 bits per heavy atom. The fraction of sp³-hybridized carbons (Fsp3) is 0.350. The molecule has 0 atom stereocenters. The molecule has 128 valence electrons. The summed E-state index contributed by atoms with van der Waals surface area (Å²) in [5.74, 6) is 0.519. The van der Waals surface area contributed by atoms with Crippen LogP contribution in [0.5, 0.6) is 0 Å². The molecule has 2 aromatic heterocycles. The van der Waals surface area contributed by atoms with E-state index in [1.807, 2.05) is 19.2 Å². The molecule has 3 aromatic rings. The van der Waals surface area contributed by atoms with Crippen molar-refractivity contribution in [2.45, 2.75) is 26.3 Å². The lowest BCUT2D eigenvalue weighted by Crippen LogP contribution is -2.36. The van der Waals surface area contributed by atoms with Crippen LogP contribution in [0.1, 0.15) is 18.4 Å². The van der Waals surface area contributed by atoms with Gasteiger partial charge in [-0.05, 0) is 37.8 Å². The monoisotopic (exact) mass is 334 g/mol. The molecule has 0 radical (unpaired) electrons. The van der Waals surface area contributed by atoms with Crippen molar-refractivity contribution < 1.29 is 0 Å². The summed E-state index contributed by atoms with van der Waals surface area (Å²) >= 11 is 0. The number of fused-ring (bicyclic) bond motifs is 1. The number of rotatable bonds is 3. The van der Waals surface area contributed by atoms with Crippen LogP contribution < -0.4 is 10.5 Å². The number of hydrogen-bond acceptors (Lipinski definition) is 4. The molecule has 0 spiro atoms. The smallest absolute Gasteiger partial charge is 0.256 e. The van der Waals surface area contributed by atoms with Crippen molar-refractivity contribution in [2.24, 2.45) is 5.92 Å². The van der Waals surface area contributed by atoms with E-state index in [0.29, 0.717) is 11.5 Å². The average Bonchev–Trinajstić information content (AvgIpc) is 2.66. The van der Waals surface area contributed by atoms with Gasteiger partial charge in [0.15, 0.2) is 0 Å². The Labute approximate surface area is 147 Å². The third-order valence-electron chi connectivity index (χ3n) is 5.11. The predicted octanol–water partition coefficient (Wildman–Crippen LogP) is 3.02. The van der Waals surface area contributed by atoms with E-state index in [-0.39, 0.29) is 5.56 Å². The Balaban J connectivity index is 1.48. The molecule has 0 bridgehead atoms. The first-order valence-electron chi connectivity index (χ1n) is 8.82. The third-order valence-corrected chi connectivity index (χ3v) is 5.11. The average molecular weight is 334 g/mol. The molecule has 5 nitrogen and oxygen atoms in total. The minimum atomic E-state index is 0.0811. The summed E-state index contributed by atoms with van der Waals surface area (Å²) in [6.07, 6.45) is 7.35. The first-order valence-corrected chi connectivity index (χ1v) is 8.82. The van der Waals surface area contributed by atoms with Gasteiger partial charge in [-0.15, -0.1) is 0 Å². The Bertz CT molecular complexity index is 936. The molecule has 0 N–H and O–H groups in total. The van der Waals surface area contributed by atoms with E-state index in [1.165, 1.54) is 11.1 Å². The highest BCUT2D eigenvalue weighted by Gasteiger charge is 2.21. The van der Waals surface area contributed by atoms with Crippen LogP contribution >= 0.6 is 0 Å². The number of anilines is 1. The van der Waals surface area contributed by atoms with Crippen molar-refractivity contribution in [2.75, 3.05) is 18.0 Å². The molecule has 0 aliphatic carbocycles. The standard InChI is InChI=1S/C20H22N4O/c1-15-12-21-14-24(20(15)25)13-16-7-10-23(11-8-16)19-6-9-22-18-5-3-2-4-17(18)19/h2-6,9,12,14,16H,7-8,10-11,13H2,1H3. The summed E-state index contributed by atoms with van der Waals surface area (Å²) < 4.78 is 1.76. The van der Waals surface area contributed by atoms with Gasteiger partial charge in [-0.25, -0.2) is 4.98 Å². The second kappa shape index (κ2) is 6.67. The second-order valence-corrected chi connectivity index (χ2v) is 6.81. The summed E-state index contributed by atoms with van der Waals surface area (Å²) in [4.78, 5) is 23.2. The molecule has 1 saturated heterocycles. The molecule has 0 saturated carbocycles. The van der Waals surface area contributed by atoms with Gasteiger partial charge in [-0.1, -0.05) is 18.2 Å². The van der Waals surface area contributed by atoms with Crippen molar-refractivity contribution in [3.8, 4) is 0 Å². The number of pyridine rings is 1. The molecule has 1 aliphatic rings. The molecule has 1 fully saturated rings. The molecule has 25 heavy (non-hydrogen) atoms. The highest BCUT2D eigenvalue weighted by atomic mass is 16.1. The van der Waals surface area contributed by atoms with Crippen LogP contribution in [-0.4, -0.2) is 27.6 Å². The quantitative estimate of drug-likeness (QED) is 0.739. The first-order chi connectivity index (χ1) is 12.2. The van der Waals surface area contributed by atoms with Gasteiger partial charge in [0.25, 0.3) is 5.56 Å². The van der Waals surface area contributed by atoms with Gasteiger partial charge in [0.2, 0.25) is 0 Å². The lowest BCUT2D eigenvalue weighted by molar-refractivity contribution is 0.351. The molecule has 0 unspecified atom stereocenters. The lowest BCUT2D eigenvalue weighted by atomic mass is 9.96. The minimum Gasteiger partial charge on any atom is -0.371 e. The van der Waals surface area contributed by atoms with Crippen LogP contribution in [0.25, 0.3) is 10.9 Å². The van der Waals surface area contributed by atoms with E-state index in [4.69, 9.17) is 0 Å². The Morgan fingerprint density at radius 1 is 1.16 bits per heavy atom. The molecule has 4 rings (SSSR count). The van der Waals surface area contributed by atoms with Crippen LogP contribution in [0.4, 0.5) is 5.69 Å². The number of piperidine rings is 1. The van der Waals surface area contributed by atoms with Gasteiger partial charge in [-0.2, -0.15) is 0 Å². The van der Waals surface area contributed by atoms with Crippen molar-refractivity contribution in [3.05, 3.63) is 65.0 Å². The first kappa shape index (κ1) is 15.8. The molecule has 1 aromatic carbocycles. The van der Waals surface area contributed by atoms with Gasteiger partial charge < -0.3 is 4.90 Å². The third kappa shape index (κ3) is 3.14. The Morgan fingerprint density at radius 2 is 1.96 bits per heavy atom. The highest BCUT2D eigenvalue weighted by molar-refractivity contribution is 5.91. The number of aryl methyl sites for hydroxylation is 1. The van der Waals surface area contributed by atoms with Crippen LogP contribution in [0, 0.1) is 12.8 Å². The number of hydrogen-bond donors (Lipinski definition) is 0. The lowest BCUT2D eigenvalue weighted by Gasteiger charge is -2.34. The van der Waals surface area contributed by atoms with E-state index < -0.39 is 0 Å². The molecule has 0 amide bonds. The van der Waals surface area contributed by atoms with Gasteiger partial charge in [0.05, 0.1) is 11.8 Å². The maximum Gasteiger partial charge on any atom is 0.256 e. The van der Waals surface area contributed by atoms with Crippen LogP contribution in [0.3, 0.4) is 0 Å². The fourth-order valence-electron chi connectivity index (χ4n) is 3.68. The maximum absolute atomic E-state index is 12.2. The molecular formula is C20H22N4O. The number of para-hydroxylation sites is 1. The predicted molar refractivity (Wildman–Crippen MR) is 99.9 cm³/mol. The summed E-state index contributed by atoms with van der Waals surface area (Å²) in [6.45, 7) is 4.60. The van der Waals surface area contributed by atoms with Crippen molar-refractivity contribution >= 4 is 16.6 Å². The van der Waals surface area contributed by atoms with Gasteiger partial charge >= 0.3 is 0 Å². The van der Waals surface area contributed by atoms with Gasteiger partial charge in [-0.3, -0.25) is 14.3 Å². The second-order valence-electron chi connectivity index (χ2n) is 6.81. The molecule has 1 aliphatic heterocycles. The molecule has 5 heteroatoms. The van der Waals surface area contributed by atoms with Crippen LogP contribution in [0.2, 0.25) is 0 Å². The SMILES string of the molecule is Cc1cncn(CC2CCN(c3ccnc4ccccc34)CC2)c1=O. The Hall–Kier alpha value is -2.69. The van der Waals surface area contributed by atoms with Crippen molar-refractivity contribution in [1.82, 2.24) is 14.5 Å². The zero-order chi connectivity index (χ0) is 17.2. The minimum absolute atomic E-state index is 0.0811. The van der Waals surface area contributed by atoms with Gasteiger partial charge in [0.1, 0.15) is 0 Å². The highest BCUT2D eigenvalue weighted by Crippen LogP contribution is 2.29. The van der Waals surface area contributed by atoms with Gasteiger partial charge in [0, 0.05) is 48.7 Å². The van der Waals surface area contributed by atoms with E-state index in [9.17, 15) is 4.79 Å². The Kier molecular flexibility index (Phi) is 4.22. The largest absolute Gasteiger partial charge is 0.371 e. The summed E-state index contributed by atoms with van der Waals surface area (Å²) in [5, 5.41) is 1.21. The topological polar surface area (TPSA) is 51.0 Å². The number of benzene rings is 1. The van der Waals surface area contributed by atoms with E-state index in [0.717, 1.165) is 38.0 Å². The number of aromatic nitrogens is 3. The van der Waals surface area contributed by atoms with Crippen molar-refractivity contribution in [3.63, 3.8) is 0 Å². The molecule has 3 heterocycles. The molecular weight excluding hydrogens is 312 g/mol. The normalized spacial score (nSPS) is 15.6.